The number of carbonyl (C=O) groups is 2. The highest BCUT2D eigenvalue weighted by molar-refractivity contribution is 5.53. The lowest BCUT2D eigenvalue weighted by Gasteiger charge is -1.79. The van der Waals surface area contributed by atoms with Gasteiger partial charge in [0.25, 0.3) is 0 Å². The largest absolute Gasteiger partial charge is 0.503 e. The molecule has 6 heteroatoms. The molecule has 0 unspecified atom stereocenters. The summed E-state index contributed by atoms with van der Waals surface area (Å²) < 4.78 is 0. The van der Waals surface area contributed by atoms with Gasteiger partial charge in [0, 0.05) is 0 Å². The minimum absolute atomic E-state index is 1.25. The van der Waals surface area contributed by atoms with Crippen molar-refractivity contribution < 1.29 is 30.0 Å². The van der Waals surface area contributed by atoms with Gasteiger partial charge in [-0.05, 0) is 0 Å². The Morgan fingerprint density at radius 1 is 0.545 bits per heavy atom. The molecule has 0 rings (SSSR count). The van der Waals surface area contributed by atoms with Gasteiger partial charge in [0.15, 0.2) is 0 Å². The fourth-order valence-corrected chi connectivity index (χ4v) is 0.354. The maximum atomic E-state index is 8.56. The van der Waals surface area contributed by atoms with E-state index in [0.717, 1.165) is 0 Å². The van der Waals surface area contributed by atoms with Crippen molar-refractivity contribution in [2.75, 3.05) is 0 Å². The summed E-state index contributed by atoms with van der Waals surface area (Å²) in [6.07, 6.45) is 4.16. The number of unbranched alkanes of at least 4 members (excludes halogenated alkanes) is 2. The highest BCUT2D eigenvalue weighted by Gasteiger charge is 1.70. The maximum absolute atomic E-state index is 8.56. The van der Waals surface area contributed by atoms with Crippen molar-refractivity contribution in [3.05, 3.63) is 0 Å². The Morgan fingerprint density at radius 2 is 0.636 bits per heavy atom. The Morgan fingerprint density at radius 3 is 0.636 bits per heavy atom. The standard InChI is InChI=1S/C5H12.3C3H8.2CH2O3/c1-3-5-4-2;3*1-3-2;2*2-1(3)4/h3-5H2,1-2H3;3*3H2,1-2H3;2*(H2,2,3,4). The van der Waals surface area contributed by atoms with Crippen LogP contribution in [0.15, 0.2) is 0 Å². The Kier molecular flexibility index (Phi) is 102. The first kappa shape index (κ1) is 37.1. The average molecular weight is 328 g/mol. The number of rotatable bonds is 2. The summed E-state index contributed by atoms with van der Waals surface area (Å²) in [5.74, 6) is 0. The molecule has 4 N–H and O–H groups in total. The van der Waals surface area contributed by atoms with Crippen molar-refractivity contribution in [2.45, 2.75) is 93.9 Å². The highest BCUT2D eigenvalue weighted by Crippen LogP contribution is 1.88. The van der Waals surface area contributed by atoms with E-state index in [1.54, 1.807) is 0 Å². The van der Waals surface area contributed by atoms with Gasteiger partial charge in [0.05, 0.1) is 0 Å². The molecule has 0 atom stereocenters. The summed E-state index contributed by atoms with van der Waals surface area (Å²) in [7, 11) is 0. The third-order valence-corrected chi connectivity index (χ3v) is 0.707. The van der Waals surface area contributed by atoms with Crippen molar-refractivity contribution in [1.29, 1.82) is 0 Å². The van der Waals surface area contributed by atoms with E-state index < -0.39 is 12.3 Å². The molecule has 0 amide bonds. The molecule has 0 spiro atoms. The van der Waals surface area contributed by atoms with Crippen molar-refractivity contribution >= 4 is 12.3 Å². The van der Waals surface area contributed by atoms with E-state index in [1.165, 1.54) is 38.5 Å². The molecule has 0 bridgehead atoms. The monoisotopic (exact) mass is 328 g/mol. The highest BCUT2D eigenvalue weighted by atomic mass is 16.6. The Labute approximate surface area is 137 Å². The maximum Gasteiger partial charge on any atom is 0.503 e. The molecule has 0 aliphatic carbocycles. The fourth-order valence-electron chi connectivity index (χ4n) is 0.354. The predicted molar refractivity (Wildman–Crippen MR) is 94.4 cm³/mol. The van der Waals surface area contributed by atoms with Gasteiger partial charge >= 0.3 is 12.3 Å². The second kappa shape index (κ2) is 60.5. The van der Waals surface area contributed by atoms with Crippen molar-refractivity contribution in [2.24, 2.45) is 0 Å². The quantitative estimate of drug-likeness (QED) is 0.438. The molecule has 0 saturated carbocycles. The molecule has 0 aliphatic rings. The number of carboxylic acid groups (broad SMARTS) is 4. The van der Waals surface area contributed by atoms with E-state index >= 15 is 0 Å². The molecule has 0 fully saturated rings. The number of hydrogen-bond donors (Lipinski definition) is 4. The molecule has 0 heterocycles. The van der Waals surface area contributed by atoms with Crippen LogP contribution in [-0.2, 0) is 0 Å². The fraction of sp³-hybridized carbons (Fsp3) is 0.875. The van der Waals surface area contributed by atoms with Crippen molar-refractivity contribution in [1.82, 2.24) is 0 Å². The van der Waals surface area contributed by atoms with Crippen LogP contribution in [0.4, 0.5) is 9.59 Å². The lowest BCUT2D eigenvalue weighted by Crippen LogP contribution is -1.81. The topological polar surface area (TPSA) is 115 Å². The van der Waals surface area contributed by atoms with E-state index in [0.29, 0.717) is 0 Å². The van der Waals surface area contributed by atoms with E-state index in [-0.39, 0.29) is 0 Å². The third-order valence-electron chi connectivity index (χ3n) is 0.707. The predicted octanol–water partition coefficient (Wildman–Crippen LogP) is 6.89. The molecule has 0 saturated heterocycles. The lowest BCUT2D eigenvalue weighted by molar-refractivity contribution is 0.135. The van der Waals surface area contributed by atoms with Gasteiger partial charge in [-0.2, -0.15) is 0 Å². The zero-order chi connectivity index (χ0) is 19.4. The molecule has 6 nitrogen and oxygen atoms in total. The second-order valence-electron chi connectivity index (χ2n) is 4.04. The van der Waals surface area contributed by atoms with Gasteiger partial charge < -0.3 is 20.4 Å². The van der Waals surface area contributed by atoms with Crippen molar-refractivity contribution in [3.8, 4) is 0 Å². The summed E-state index contributed by atoms with van der Waals surface area (Å²) in [5, 5.41) is 27.9. The van der Waals surface area contributed by atoms with Crippen LogP contribution in [-0.4, -0.2) is 32.7 Å². The Hall–Kier alpha value is -1.46. The summed E-state index contributed by atoms with van der Waals surface area (Å²) in [6, 6.07) is 0. The van der Waals surface area contributed by atoms with Gasteiger partial charge in [0.2, 0.25) is 0 Å². The van der Waals surface area contributed by atoms with Gasteiger partial charge in [-0.15, -0.1) is 0 Å². The lowest BCUT2D eigenvalue weighted by atomic mass is 10.3. The summed E-state index contributed by atoms with van der Waals surface area (Å²) >= 11 is 0. The average Bonchev–Trinajstić information content (AvgIpc) is 2.31. The van der Waals surface area contributed by atoms with Crippen LogP contribution in [0.3, 0.4) is 0 Å². The zero-order valence-electron chi connectivity index (χ0n) is 15.8. The normalized spacial score (nSPS) is 6.55. The second-order valence-corrected chi connectivity index (χ2v) is 4.04. The van der Waals surface area contributed by atoms with Crippen LogP contribution in [0.2, 0.25) is 0 Å². The number of hydrogen-bond acceptors (Lipinski definition) is 2. The molecule has 140 valence electrons. The molecule has 0 aromatic rings. The van der Waals surface area contributed by atoms with Gasteiger partial charge in [-0.3, -0.25) is 0 Å². The summed E-state index contributed by atoms with van der Waals surface area (Å²) in [4.78, 5) is 17.1. The molecule has 0 aromatic heterocycles. The van der Waals surface area contributed by atoms with Crippen LogP contribution < -0.4 is 0 Å². The molecular formula is C16H40O6. The van der Waals surface area contributed by atoms with Crippen LogP contribution in [0.1, 0.15) is 93.9 Å². The van der Waals surface area contributed by atoms with E-state index in [9.17, 15) is 0 Å². The van der Waals surface area contributed by atoms with Crippen LogP contribution in [0, 0.1) is 0 Å². The molecule has 0 aliphatic heterocycles. The first-order chi connectivity index (χ1) is 10.1. The smallest absolute Gasteiger partial charge is 0.450 e. The van der Waals surface area contributed by atoms with Gasteiger partial charge in [-0.1, -0.05) is 93.9 Å². The minimum atomic E-state index is -1.83. The van der Waals surface area contributed by atoms with Crippen LogP contribution >= 0.6 is 0 Å². The third kappa shape index (κ3) is 19600. The molecule has 22 heavy (non-hydrogen) atoms. The van der Waals surface area contributed by atoms with Crippen LogP contribution in [0.5, 0.6) is 0 Å². The van der Waals surface area contributed by atoms with E-state index in [4.69, 9.17) is 30.0 Å². The SMILES string of the molecule is CCC.CCC.CCC.CCCCC.O=C(O)O.O=C(O)O. The molecular weight excluding hydrogens is 288 g/mol. The Bertz CT molecular complexity index is 134. The first-order valence-corrected chi connectivity index (χ1v) is 7.96. The van der Waals surface area contributed by atoms with Crippen LogP contribution in [0.25, 0.3) is 0 Å². The van der Waals surface area contributed by atoms with E-state index in [2.05, 4.69) is 55.4 Å². The van der Waals surface area contributed by atoms with Gasteiger partial charge in [-0.25, -0.2) is 9.59 Å². The van der Waals surface area contributed by atoms with E-state index in [1.807, 2.05) is 0 Å². The minimum Gasteiger partial charge on any atom is -0.450 e. The van der Waals surface area contributed by atoms with Gasteiger partial charge in [0.1, 0.15) is 0 Å². The molecule has 0 aromatic carbocycles. The first-order valence-electron chi connectivity index (χ1n) is 7.96. The Balaban J connectivity index is -0.0000000354. The summed E-state index contributed by atoms with van der Waals surface area (Å²) in [6.45, 7) is 17.2. The summed E-state index contributed by atoms with van der Waals surface area (Å²) in [5.41, 5.74) is 0. The molecule has 0 radical (unpaired) electrons. The van der Waals surface area contributed by atoms with Crippen molar-refractivity contribution in [3.63, 3.8) is 0 Å². The zero-order valence-corrected chi connectivity index (χ0v) is 15.8.